The largest absolute Gasteiger partial charge is 0.465 e. The molecule has 0 aliphatic heterocycles. The van der Waals surface area contributed by atoms with Crippen LogP contribution in [0.4, 0.5) is 8.78 Å². The second-order valence-corrected chi connectivity index (χ2v) is 7.90. The zero-order valence-corrected chi connectivity index (χ0v) is 22.0. The number of nitrogens with two attached hydrogens (primary N) is 1. The van der Waals surface area contributed by atoms with Crippen molar-refractivity contribution in [3.63, 3.8) is 0 Å². The molecule has 0 fully saturated rings. The monoisotopic (exact) mass is 492 g/mol. The molecule has 35 heavy (non-hydrogen) atoms. The smallest absolute Gasteiger partial charge is 0.325 e. The number of hydrogen-bond donors (Lipinski definition) is 2. The highest BCUT2D eigenvalue weighted by molar-refractivity contribution is 5.82. The second-order valence-electron chi connectivity index (χ2n) is 7.90. The first-order valence-corrected chi connectivity index (χ1v) is 12.4. The summed E-state index contributed by atoms with van der Waals surface area (Å²) in [5.74, 6) is -0.966. The fraction of sp³-hybridized carbons (Fsp3) is 0.500. The van der Waals surface area contributed by atoms with Crippen LogP contribution in [0.1, 0.15) is 71.9 Å². The van der Waals surface area contributed by atoms with Crippen LogP contribution in [-0.2, 0) is 19.7 Å². The molecule has 7 heteroatoms. The molecule has 1 amide bonds. The van der Waals surface area contributed by atoms with Gasteiger partial charge in [0.1, 0.15) is 18.2 Å². The predicted octanol–water partition coefficient (Wildman–Crippen LogP) is 5.75. The van der Waals surface area contributed by atoms with Crippen molar-refractivity contribution >= 4 is 11.9 Å². The normalized spacial score (nSPS) is 11.2. The summed E-state index contributed by atoms with van der Waals surface area (Å²) in [6, 6.07) is 13.5. The minimum Gasteiger partial charge on any atom is -0.465 e. The molecule has 1 atom stereocenters. The lowest BCUT2D eigenvalue weighted by molar-refractivity contribution is -0.143. The first kappa shape index (κ1) is 32.2. The molecule has 0 saturated heterocycles. The third-order valence-electron chi connectivity index (χ3n) is 5.72. The molecule has 0 saturated carbocycles. The third kappa shape index (κ3) is 10.6. The Morgan fingerprint density at radius 1 is 1.00 bits per heavy atom. The molecule has 1 unspecified atom stereocenters. The molecule has 0 radical (unpaired) electrons. The molecule has 2 aromatic rings. The molecule has 3 N–H and O–H groups in total. The first-order chi connectivity index (χ1) is 16.7. The van der Waals surface area contributed by atoms with Gasteiger partial charge < -0.3 is 15.8 Å². The van der Waals surface area contributed by atoms with E-state index in [0.717, 1.165) is 30.4 Å². The number of amides is 1. The van der Waals surface area contributed by atoms with Gasteiger partial charge in [-0.1, -0.05) is 71.7 Å². The Morgan fingerprint density at radius 3 is 1.89 bits per heavy atom. The Balaban J connectivity index is 0.000000754. The molecule has 0 spiro atoms. The zero-order chi connectivity index (χ0) is 26.9. The number of esters is 1. The summed E-state index contributed by atoms with van der Waals surface area (Å²) in [7, 11) is 0. The maximum Gasteiger partial charge on any atom is 0.325 e. The van der Waals surface area contributed by atoms with Gasteiger partial charge in [-0.2, -0.15) is 0 Å². The molecule has 0 aromatic heterocycles. The van der Waals surface area contributed by atoms with E-state index >= 15 is 0 Å². The van der Waals surface area contributed by atoms with Crippen molar-refractivity contribution in [2.75, 3.05) is 19.7 Å². The Morgan fingerprint density at radius 2 is 1.51 bits per heavy atom. The number of nitrogens with one attached hydrogen (secondary N) is 1. The van der Waals surface area contributed by atoms with Gasteiger partial charge in [-0.05, 0) is 54.7 Å². The number of halogens is 2. The van der Waals surface area contributed by atoms with E-state index in [1.165, 1.54) is 12.1 Å². The van der Waals surface area contributed by atoms with Crippen molar-refractivity contribution in [3.8, 4) is 0 Å². The lowest BCUT2D eigenvalue weighted by Crippen LogP contribution is -2.35. The van der Waals surface area contributed by atoms with Gasteiger partial charge >= 0.3 is 5.97 Å². The summed E-state index contributed by atoms with van der Waals surface area (Å²) in [5.41, 5.74) is 6.40. The average Bonchev–Trinajstić information content (AvgIpc) is 2.87. The standard InChI is InChI=1S/C20H24F2.C6H12N2O3.C2H6/c1-4-8-15(5-2)20(3,16-9-6-11-18(21)13-16)17-10-7-12-19(22)14-17;1-2-11-6(10)4-8-5(9)3-7;1-2/h6-7,9-15H,4-5,8H2,1-3H3;2-4,7H2,1H3,(H,8,9);1-2H3. The van der Waals surface area contributed by atoms with Crippen molar-refractivity contribution in [2.45, 2.75) is 66.2 Å². The summed E-state index contributed by atoms with van der Waals surface area (Å²) in [4.78, 5) is 21.1. The maximum absolute atomic E-state index is 13.8. The predicted molar refractivity (Wildman–Crippen MR) is 138 cm³/mol. The fourth-order valence-corrected chi connectivity index (χ4v) is 3.97. The number of hydrogen-bond acceptors (Lipinski definition) is 4. The minimum absolute atomic E-state index is 0.107. The van der Waals surface area contributed by atoms with E-state index in [0.29, 0.717) is 12.5 Å². The average molecular weight is 493 g/mol. The highest BCUT2D eigenvalue weighted by atomic mass is 19.1. The summed E-state index contributed by atoms with van der Waals surface area (Å²) >= 11 is 0. The highest BCUT2D eigenvalue weighted by Gasteiger charge is 2.36. The van der Waals surface area contributed by atoms with Crippen LogP contribution < -0.4 is 11.1 Å². The zero-order valence-electron chi connectivity index (χ0n) is 22.0. The Labute approximate surface area is 209 Å². The number of rotatable bonds is 10. The van der Waals surface area contributed by atoms with E-state index in [1.54, 1.807) is 31.2 Å². The Bertz CT molecular complexity index is 845. The highest BCUT2D eigenvalue weighted by Crippen LogP contribution is 2.43. The van der Waals surface area contributed by atoms with E-state index in [-0.39, 0.29) is 30.6 Å². The van der Waals surface area contributed by atoms with Gasteiger partial charge in [0.15, 0.2) is 0 Å². The van der Waals surface area contributed by atoms with Gasteiger partial charge in [0.25, 0.3) is 0 Å². The maximum atomic E-state index is 13.8. The van der Waals surface area contributed by atoms with Crippen molar-refractivity contribution in [3.05, 3.63) is 71.3 Å². The van der Waals surface area contributed by atoms with Gasteiger partial charge in [0.2, 0.25) is 5.91 Å². The summed E-state index contributed by atoms with van der Waals surface area (Å²) in [5, 5.41) is 2.28. The van der Waals surface area contributed by atoms with Gasteiger partial charge in [-0.25, -0.2) is 8.78 Å². The molecule has 2 aromatic carbocycles. The van der Waals surface area contributed by atoms with E-state index in [4.69, 9.17) is 5.73 Å². The summed E-state index contributed by atoms with van der Waals surface area (Å²) in [6.45, 7) is 12.2. The topological polar surface area (TPSA) is 81.4 Å². The molecular formula is C28H42F2N2O3. The molecule has 196 valence electrons. The molecule has 0 aliphatic rings. The third-order valence-corrected chi connectivity index (χ3v) is 5.72. The van der Waals surface area contributed by atoms with Crippen molar-refractivity contribution in [1.29, 1.82) is 0 Å². The molecule has 0 heterocycles. The van der Waals surface area contributed by atoms with Crippen LogP contribution in [0, 0.1) is 17.6 Å². The molecular weight excluding hydrogens is 450 g/mol. The van der Waals surface area contributed by atoms with Gasteiger partial charge in [0, 0.05) is 5.41 Å². The van der Waals surface area contributed by atoms with Crippen LogP contribution in [0.3, 0.4) is 0 Å². The van der Waals surface area contributed by atoms with Crippen LogP contribution in [0.2, 0.25) is 0 Å². The van der Waals surface area contributed by atoms with E-state index in [2.05, 4.69) is 30.8 Å². The van der Waals surface area contributed by atoms with E-state index in [1.807, 2.05) is 26.0 Å². The van der Waals surface area contributed by atoms with Crippen LogP contribution in [0.15, 0.2) is 48.5 Å². The molecule has 0 bridgehead atoms. The van der Waals surface area contributed by atoms with Crippen molar-refractivity contribution in [2.24, 2.45) is 11.7 Å². The van der Waals surface area contributed by atoms with Crippen LogP contribution >= 0.6 is 0 Å². The van der Waals surface area contributed by atoms with Gasteiger partial charge in [-0.15, -0.1) is 0 Å². The van der Waals surface area contributed by atoms with Crippen LogP contribution in [-0.4, -0.2) is 31.6 Å². The first-order valence-electron chi connectivity index (χ1n) is 12.4. The van der Waals surface area contributed by atoms with E-state index < -0.39 is 11.4 Å². The summed E-state index contributed by atoms with van der Waals surface area (Å²) in [6.07, 6.45) is 3.05. The lowest BCUT2D eigenvalue weighted by atomic mass is 9.65. The number of carbonyl (C=O) groups is 2. The number of benzene rings is 2. The van der Waals surface area contributed by atoms with Crippen molar-refractivity contribution in [1.82, 2.24) is 5.32 Å². The quantitative estimate of drug-likeness (QED) is 0.414. The molecule has 0 aliphatic carbocycles. The Hall–Kier alpha value is -2.80. The minimum atomic E-state index is -0.450. The van der Waals surface area contributed by atoms with Gasteiger partial charge in [-0.3, -0.25) is 9.59 Å². The second kappa shape index (κ2) is 17.6. The number of carbonyl (C=O) groups excluding carboxylic acids is 2. The summed E-state index contributed by atoms with van der Waals surface area (Å²) < 4.78 is 32.1. The molecule has 2 rings (SSSR count). The van der Waals surface area contributed by atoms with Crippen LogP contribution in [0.25, 0.3) is 0 Å². The number of ether oxygens (including phenoxy) is 1. The molecule has 5 nitrogen and oxygen atoms in total. The van der Waals surface area contributed by atoms with Gasteiger partial charge in [0.05, 0.1) is 13.2 Å². The fourth-order valence-electron chi connectivity index (χ4n) is 3.97. The van der Waals surface area contributed by atoms with Crippen LogP contribution in [0.5, 0.6) is 0 Å². The van der Waals surface area contributed by atoms with E-state index in [9.17, 15) is 18.4 Å². The SMILES string of the molecule is CC.CCCC(CC)C(C)(c1cccc(F)c1)c1cccc(F)c1.CCOC(=O)CNC(=O)CN. The lowest BCUT2D eigenvalue weighted by Gasteiger charge is -2.39. The Kier molecular flexibility index (Phi) is 16.2. The van der Waals surface area contributed by atoms with Crippen molar-refractivity contribution < 1.29 is 23.1 Å².